The first-order valence-corrected chi connectivity index (χ1v) is 11.5. The zero-order valence-corrected chi connectivity index (χ0v) is 19.1. The summed E-state index contributed by atoms with van der Waals surface area (Å²) in [5, 5.41) is 13.7. The fraction of sp³-hybridized carbons (Fsp3) is 0.214. The number of aliphatic carboxylic acids is 1. The molecule has 1 N–H and O–H groups in total. The Morgan fingerprint density at radius 1 is 0.941 bits per heavy atom. The zero-order chi connectivity index (χ0) is 23.5. The van der Waals surface area contributed by atoms with Crippen LogP contribution in [0.1, 0.15) is 17.7 Å². The van der Waals surface area contributed by atoms with Gasteiger partial charge in [-0.3, -0.25) is 0 Å². The molecule has 0 bridgehead atoms. The van der Waals surface area contributed by atoms with E-state index < -0.39 is 5.97 Å². The van der Waals surface area contributed by atoms with Crippen LogP contribution in [0.2, 0.25) is 0 Å². The predicted molar refractivity (Wildman–Crippen MR) is 133 cm³/mol. The summed E-state index contributed by atoms with van der Waals surface area (Å²) in [6, 6.07) is 26.7. The van der Waals surface area contributed by atoms with Crippen molar-refractivity contribution >= 4 is 11.8 Å². The van der Waals surface area contributed by atoms with Crippen molar-refractivity contribution in [1.82, 2.24) is 9.78 Å². The number of carboxylic acid groups (broad SMARTS) is 1. The van der Waals surface area contributed by atoms with Crippen LogP contribution in [0.5, 0.6) is 5.75 Å². The molecule has 3 aromatic carbocycles. The Morgan fingerprint density at radius 2 is 1.65 bits per heavy atom. The van der Waals surface area contributed by atoms with Gasteiger partial charge < -0.3 is 14.7 Å². The molecule has 0 amide bonds. The minimum absolute atomic E-state index is 0.339. The third-order valence-electron chi connectivity index (χ3n) is 6.14. The monoisotopic (exact) mass is 453 g/mol. The molecule has 6 heteroatoms. The molecule has 4 aromatic rings. The van der Waals surface area contributed by atoms with Crippen LogP contribution in [0.15, 0.2) is 78.9 Å². The maximum Gasteiger partial charge on any atom is 0.341 e. The molecule has 0 spiro atoms. The quantitative estimate of drug-likeness (QED) is 0.406. The van der Waals surface area contributed by atoms with E-state index in [4.69, 9.17) is 14.9 Å². The van der Waals surface area contributed by atoms with Gasteiger partial charge in [0, 0.05) is 25.2 Å². The summed E-state index contributed by atoms with van der Waals surface area (Å²) in [7, 11) is 0. The summed E-state index contributed by atoms with van der Waals surface area (Å²) in [6.07, 6.45) is 1.04. The van der Waals surface area contributed by atoms with Crippen LogP contribution in [0.3, 0.4) is 0 Å². The maximum atomic E-state index is 10.7. The number of rotatable bonds is 7. The Balaban J connectivity index is 1.49. The van der Waals surface area contributed by atoms with Gasteiger partial charge in [0.05, 0.1) is 5.69 Å². The van der Waals surface area contributed by atoms with Gasteiger partial charge >= 0.3 is 5.97 Å². The van der Waals surface area contributed by atoms with Crippen LogP contribution in [0.4, 0.5) is 5.82 Å². The van der Waals surface area contributed by atoms with E-state index in [1.165, 1.54) is 22.3 Å². The van der Waals surface area contributed by atoms with Crippen molar-refractivity contribution in [1.29, 1.82) is 0 Å². The van der Waals surface area contributed by atoms with E-state index in [9.17, 15) is 4.79 Å². The summed E-state index contributed by atoms with van der Waals surface area (Å²) in [5.41, 5.74) is 6.93. The molecule has 34 heavy (non-hydrogen) atoms. The lowest BCUT2D eigenvalue weighted by Crippen LogP contribution is -2.32. The molecule has 5 rings (SSSR count). The maximum absolute atomic E-state index is 10.7. The Hall–Kier alpha value is -4.06. The lowest BCUT2D eigenvalue weighted by atomic mass is 9.94. The van der Waals surface area contributed by atoms with Gasteiger partial charge in [-0.25, -0.2) is 9.48 Å². The smallest absolute Gasteiger partial charge is 0.341 e. The Morgan fingerprint density at radius 3 is 2.38 bits per heavy atom. The number of nitrogens with zero attached hydrogens (tertiary/aromatic N) is 3. The van der Waals surface area contributed by atoms with Crippen LogP contribution in [-0.2, 0) is 17.9 Å². The van der Waals surface area contributed by atoms with Crippen LogP contribution in [0, 0.1) is 6.92 Å². The molecule has 0 saturated heterocycles. The fourth-order valence-corrected chi connectivity index (χ4v) is 4.66. The number of ether oxygens (including phenoxy) is 1. The molecule has 6 nitrogen and oxygen atoms in total. The van der Waals surface area contributed by atoms with Gasteiger partial charge in [0.25, 0.3) is 0 Å². The highest BCUT2D eigenvalue weighted by molar-refractivity contribution is 5.90. The Labute approximate surface area is 199 Å². The van der Waals surface area contributed by atoms with Gasteiger partial charge in [-0.2, -0.15) is 5.10 Å². The number of aromatic nitrogens is 2. The van der Waals surface area contributed by atoms with E-state index in [-0.39, 0.29) is 6.61 Å². The second-order valence-corrected chi connectivity index (χ2v) is 8.52. The highest BCUT2D eigenvalue weighted by atomic mass is 16.5. The van der Waals surface area contributed by atoms with Crippen LogP contribution in [-0.4, -0.2) is 34.0 Å². The number of fused-ring (bicyclic) bond motifs is 1. The molecule has 1 aromatic heterocycles. The van der Waals surface area contributed by atoms with E-state index in [0.717, 1.165) is 43.1 Å². The second-order valence-electron chi connectivity index (χ2n) is 8.52. The topological polar surface area (TPSA) is 67.6 Å². The highest BCUT2D eigenvalue weighted by Gasteiger charge is 2.26. The van der Waals surface area contributed by atoms with Crippen molar-refractivity contribution in [2.75, 3.05) is 18.1 Å². The lowest BCUT2D eigenvalue weighted by Gasteiger charge is -2.31. The second kappa shape index (κ2) is 9.43. The molecule has 2 heterocycles. The lowest BCUT2D eigenvalue weighted by molar-refractivity contribution is -0.139. The third kappa shape index (κ3) is 4.39. The fourth-order valence-electron chi connectivity index (χ4n) is 4.66. The van der Waals surface area contributed by atoms with Gasteiger partial charge in [-0.05, 0) is 47.7 Å². The first-order chi connectivity index (χ1) is 16.6. The van der Waals surface area contributed by atoms with E-state index >= 15 is 0 Å². The molecule has 0 saturated carbocycles. The molecule has 0 unspecified atom stereocenters. The summed E-state index contributed by atoms with van der Waals surface area (Å²) in [6.45, 7) is 4.35. The van der Waals surface area contributed by atoms with Crippen molar-refractivity contribution in [2.45, 2.75) is 26.4 Å². The van der Waals surface area contributed by atoms with Gasteiger partial charge in [0.1, 0.15) is 11.6 Å². The number of aryl methyl sites for hydroxylation is 2. The number of hydrogen-bond donors (Lipinski definition) is 1. The molecular formula is C28H27N3O3. The standard InChI is InChI=1S/C28H27N3O3/c1-20-27(25-11-6-5-10-24(25)22-8-3-2-4-9-22)28-30(16-7-17-31(28)29-20)18-21-12-14-23(15-13-21)34-19-26(32)33/h2-6,8-15H,7,16-19H2,1H3,(H,32,33). The first kappa shape index (κ1) is 21.8. The van der Waals surface area contributed by atoms with Crippen molar-refractivity contribution in [2.24, 2.45) is 0 Å². The van der Waals surface area contributed by atoms with Gasteiger partial charge in [0.15, 0.2) is 6.61 Å². The molecule has 0 radical (unpaired) electrons. The average Bonchev–Trinajstić information content (AvgIpc) is 3.20. The average molecular weight is 454 g/mol. The van der Waals surface area contributed by atoms with E-state index in [2.05, 4.69) is 65.0 Å². The SMILES string of the molecule is Cc1nn2c(c1-c1ccccc1-c1ccccc1)N(Cc1ccc(OCC(=O)O)cc1)CCC2. The molecule has 0 fully saturated rings. The van der Waals surface area contributed by atoms with Crippen LogP contribution >= 0.6 is 0 Å². The third-order valence-corrected chi connectivity index (χ3v) is 6.14. The van der Waals surface area contributed by atoms with Crippen molar-refractivity contribution < 1.29 is 14.6 Å². The van der Waals surface area contributed by atoms with E-state index in [1.54, 1.807) is 0 Å². The van der Waals surface area contributed by atoms with Crippen LogP contribution in [0.25, 0.3) is 22.3 Å². The van der Waals surface area contributed by atoms with Crippen molar-refractivity contribution in [3.8, 4) is 28.0 Å². The predicted octanol–water partition coefficient (Wildman–Crippen LogP) is 5.40. The number of hydrogen-bond acceptors (Lipinski definition) is 4. The van der Waals surface area contributed by atoms with E-state index in [0.29, 0.717) is 5.75 Å². The van der Waals surface area contributed by atoms with Gasteiger partial charge in [-0.1, -0.05) is 66.7 Å². The minimum Gasteiger partial charge on any atom is -0.482 e. The first-order valence-electron chi connectivity index (χ1n) is 11.5. The van der Waals surface area contributed by atoms with Crippen molar-refractivity contribution in [3.05, 3.63) is 90.1 Å². The highest BCUT2D eigenvalue weighted by Crippen LogP contribution is 2.41. The largest absolute Gasteiger partial charge is 0.482 e. The number of carboxylic acids is 1. The zero-order valence-electron chi connectivity index (χ0n) is 19.1. The molecule has 1 aliphatic heterocycles. The number of carbonyl (C=O) groups is 1. The molecule has 0 aliphatic carbocycles. The van der Waals surface area contributed by atoms with Gasteiger partial charge in [0.2, 0.25) is 0 Å². The molecule has 172 valence electrons. The van der Waals surface area contributed by atoms with Crippen LogP contribution < -0.4 is 9.64 Å². The normalized spacial score (nSPS) is 12.9. The molecule has 1 aliphatic rings. The summed E-state index contributed by atoms with van der Waals surface area (Å²) in [5.74, 6) is 0.728. The van der Waals surface area contributed by atoms with E-state index in [1.807, 2.05) is 30.3 Å². The van der Waals surface area contributed by atoms with Gasteiger partial charge in [-0.15, -0.1) is 0 Å². The Kier molecular flexibility index (Phi) is 6.04. The number of anilines is 1. The summed E-state index contributed by atoms with van der Waals surface area (Å²) < 4.78 is 7.42. The summed E-state index contributed by atoms with van der Waals surface area (Å²) >= 11 is 0. The van der Waals surface area contributed by atoms with Crippen molar-refractivity contribution in [3.63, 3.8) is 0 Å². The molecular weight excluding hydrogens is 426 g/mol. The number of benzene rings is 3. The molecule has 0 atom stereocenters. The minimum atomic E-state index is -0.982. The Bertz CT molecular complexity index is 1300. The summed E-state index contributed by atoms with van der Waals surface area (Å²) in [4.78, 5) is 13.1.